The summed E-state index contributed by atoms with van der Waals surface area (Å²) >= 11 is 0. The van der Waals surface area contributed by atoms with E-state index in [1.807, 2.05) is 46.9 Å². The zero-order valence-electron chi connectivity index (χ0n) is 13.0. The lowest BCUT2D eigenvalue weighted by Crippen LogP contribution is -2.24. The fraction of sp³-hybridized carbons (Fsp3) is 0.500. The third kappa shape index (κ3) is 8.44. The average Bonchev–Trinajstić information content (AvgIpc) is 2.56. The van der Waals surface area contributed by atoms with Gasteiger partial charge in [-0.15, -0.1) is 26.3 Å². The van der Waals surface area contributed by atoms with Gasteiger partial charge in [0.15, 0.2) is 0 Å². The summed E-state index contributed by atoms with van der Waals surface area (Å²) in [5.41, 5.74) is 0. The first kappa shape index (κ1) is 21.6. The van der Waals surface area contributed by atoms with Crippen molar-refractivity contribution in [1.82, 2.24) is 15.2 Å². The van der Waals surface area contributed by atoms with Crippen molar-refractivity contribution in [1.29, 1.82) is 0 Å². The van der Waals surface area contributed by atoms with Crippen LogP contribution in [0.1, 0.15) is 20.8 Å². The summed E-state index contributed by atoms with van der Waals surface area (Å²) in [6.45, 7) is 18.9. The van der Waals surface area contributed by atoms with Gasteiger partial charge in [-0.3, -0.25) is 5.01 Å². The van der Waals surface area contributed by atoms with Crippen molar-refractivity contribution in [3.05, 3.63) is 38.2 Å². The predicted octanol–water partition coefficient (Wildman–Crippen LogP) is 2.89. The minimum Gasteiger partial charge on any atom is -0.374 e. The van der Waals surface area contributed by atoms with E-state index in [4.69, 9.17) is 0 Å². The topological polar surface area (TPSA) is 30.9 Å². The molecule has 0 aliphatic carbocycles. The molecule has 0 aromatic carbocycles. The Bertz CT molecular complexity index is 244. The van der Waals surface area contributed by atoms with Crippen LogP contribution < -0.4 is 5.32 Å². The third-order valence-corrected chi connectivity index (χ3v) is 2.01. The molecule has 106 valence electrons. The number of hydrazone groups is 1. The summed E-state index contributed by atoms with van der Waals surface area (Å²) in [5, 5.41) is 9.29. The van der Waals surface area contributed by atoms with E-state index in [-0.39, 0.29) is 0 Å². The van der Waals surface area contributed by atoms with E-state index in [9.17, 15) is 0 Å². The molecule has 1 aliphatic heterocycles. The number of likely N-dealkylation sites (N-methyl/N-ethyl adjacent to an activating group) is 1. The molecule has 0 spiro atoms. The van der Waals surface area contributed by atoms with Crippen molar-refractivity contribution >= 4 is 5.84 Å². The molecule has 0 radical (unpaired) electrons. The first-order chi connectivity index (χ1) is 8.65. The largest absolute Gasteiger partial charge is 0.374 e. The lowest BCUT2D eigenvalue weighted by atomic mass is 10.4. The van der Waals surface area contributed by atoms with Gasteiger partial charge in [0.05, 0.1) is 0 Å². The molecular weight excluding hydrogens is 224 g/mol. The highest BCUT2D eigenvalue weighted by atomic mass is 15.5. The van der Waals surface area contributed by atoms with Crippen LogP contribution in [0.2, 0.25) is 0 Å². The fourth-order valence-corrected chi connectivity index (χ4v) is 1.10. The number of amidine groups is 1. The Kier molecular flexibility index (Phi) is 18.3. The number of hydrogen-bond acceptors (Lipinski definition) is 4. The van der Waals surface area contributed by atoms with Crippen LogP contribution >= 0.6 is 0 Å². The van der Waals surface area contributed by atoms with Crippen molar-refractivity contribution < 1.29 is 0 Å². The maximum absolute atomic E-state index is 4.35. The normalized spacial score (nSPS) is 13.0. The van der Waals surface area contributed by atoms with Crippen LogP contribution in [0.25, 0.3) is 0 Å². The highest BCUT2D eigenvalue weighted by Crippen LogP contribution is 2.04. The molecule has 0 fully saturated rings. The molecule has 1 heterocycles. The first-order valence-corrected chi connectivity index (χ1v) is 6.03. The van der Waals surface area contributed by atoms with Crippen molar-refractivity contribution in [2.75, 3.05) is 27.7 Å². The van der Waals surface area contributed by atoms with Crippen molar-refractivity contribution in [2.24, 2.45) is 5.10 Å². The van der Waals surface area contributed by atoms with Crippen LogP contribution in [0.4, 0.5) is 0 Å². The Labute approximate surface area is 113 Å². The zero-order valence-corrected chi connectivity index (χ0v) is 13.0. The molecular formula is C14H30N4. The van der Waals surface area contributed by atoms with Gasteiger partial charge < -0.3 is 10.2 Å². The van der Waals surface area contributed by atoms with Crippen LogP contribution in [0.3, 0.4) is 0 Å². The van der Waals surface area contributed by atoms with E-state index in [1.165, 1.54) is 0 Å². The second-order valence-electron chi connectivity index (χ2n) is 2.89. The van der Waals surface area contributed by atoms with Gasteiger partial charge in [-0.05, 0) is 13.0 Å². The Morgan fingerprint density at radius 2 is 1.61 bits per heavy atom. The maximum atomic E-state index is 4.35. The Morgan fingerprint density at radius 1 is 1.17 bits per heavy atom. The van der Waals surface area contributed by atoms with E-state index < -0.39 is 0 Å². The van der Waals surface area contributed by atoms with Gasteiger partial charge in [0.2, 0.25) is 0 Å². The predicted molar refractivity (Wildman–Crippen MR) is 84.5 cm³/mol. The smallest absolute Gasteiger partial charge is 0.122 e. The van der Waals surface area contributed by atoms with Gasteiger partial charge in [-0.25, -0.2) is 0 Å². The van der Waals surface area contributed by atoms with Crippen LogP contribution in [0.15, 0.2) is 43.3 Å². The minimum absolute atomic E-state index is 0.899. The molecule has 0 saturated carbocycles. The van der Waals surface area contributed by atoms with E-state index in [2.05, 4.69) is 47.7 Å². The third-order valence-electron chi connectivity index (χ3n) is 2.01. The second kappa shape index (κ2) is 15.3. The second-order valence-corrected chi connectivity index (χ2v) is 2.89. The van der Waals surface area contributed by atoms with Crippen molar-refractivity contribution in [3.63, 3.8) is 0 Å². The zero-order chi connectivity index (χ0) is 15.1. The van der Waals surface area contributed by atoms with E-state index >= 15 is 0 Å². The average molecular weight is 254 g/mol. The minimum atomic E-state index is 0.899. The molecule has 4 heteroatoms. The van der Waals surface area contributed by atoms with Gasteiger partial charge in [-0.1, -0.05) is 13.8 Å². The fourth-order valence-electron chi connectivity index (χ4n) is 1.10. The summed E-state index contributed by atoms with van der Waals surface area (Å²) in [5.74, 6) is 2.07. The van der Waals surface area contributed by atoms with Gasteiger partial charge in [-0.2, -0.15) is 5.10 Å². The number of nitrogens with zero attached hydrogens (tertiary/aromatic N) is 3. The van der Waals surface area contributed by atoms with Crippen molar-refractivity contribution in [3.8, 4) is 0 Å². The highest BCUT2D eigenvalue weighted by Gasteiger charge is 2.08. The Morgan fingerprint density at radius 3 is 2.00 bits per heavy atom. The van der Waals surface area contributed by atoms with Crippen LogP contribution in [-0.4, -0.2) is 43.4 Å². The lowest BCUT2D eigenvalue weighted by molar-refractivity contribution is 0.415. The van der Waals surface area contributed by atoms with Gasteiger partial charge >= 0.3 is 0 Å². The molecule has 0 saturated heterocycles. The Hall–Kier alpha value is -1.71. The van der Waals surface area contributed by atoms with Gasteiger partial charge in [0.25, 0.3) is 0 Å². The molecule has 0 bridgehead atoms. The monoisotopic (exact) mass is 254 g/mol. The van der Waals surface area contributed by atoms with E-state index in [0.29, 0.717) is 0 Å². The molecule has 1 aliphatic rings. The van der Waals surface area contributed by atoms with Gasteiger partial charge in [0, 0.05) is 27.7 Å². The molecule has 0 atom stereocenters. The molecule has 0 aromatic heterocycles. The standard InChI is InChI=1S/C8H16N4.C2H6.2C2H4/c1-7-10-12(4)8(9-2)5-6-11(7)3;3*1-2/h5,9H,6H2,1-4H3;1-2H3;2*1-2H2. The quantitative estimate of drug-likeness (QED) is 0.730. The van der Waals surface area contributed by atoms with Gasteiger partial charge in [0.1, 0.15) is 11.7 Å². The highest BCUT2D eigenvalue weighted by molar-refractivity contribution is 5.79. The summed E-state index contributed by atoms with van der Waals surface area (Å²) in [7, 11) is 5.87. The van der Waals surface area contributed by atoms with E-state index in [0.717, 1.165) is 18.2 Å². The van der Waals surface area contributed by atoms with Crippen LogP contribution in [0, 0.1) is 0 Å². The molecule has 1 N–H and O–H groups in total. The summed E-state index contributed by atoms with van der Waals surface area (Å²) in [4.78, 5) is 2.10. The summed E-state index contributed by atoms with van der Waals surface area (Å²) in [6, 6.07) is 0. The number of hydrogen-bond donors (Lipinski definition) is 1. The van der Waals surface area contributed by atoms with Crippen LogP contribution in [-0.2, 0) is 0 Å². The summed E-state index contributed by atoms with van der Waals surface area (Å²) in [6.07, 6.45) is 2.11. The lowest BCUT2D eigenvalue weighted by Gasteiger charge is -2.16. The molecule has 4 nitrogen and oxygen atoms in total. The van der Waals surface area contributed by atoms with Crippen LogP contribution in [0.5, 0.6) is 0 Å². The molecule has 0 aromatic rings. The molecule has 18 heavy (non-hydrogen) atoms. The number of nitrogens with one attached hydrogen (secondary N) is 1. The maximum Gasteiger partial charge on any atom is 0.122 e. The molecule has 0 amide bonds. The molecule has 1 rings (SSSR count). The molecule has 0 unspecified atom stereocenters. The Balaban J connectivity index is -0.000000328. The van der Waals surface area contributed by atoms with E-state index in [1.54, 1.807) is 0 Å². The summed E-state index contributed by atoms with van der Waals surface area (Å²) < 4.78 is 0. The first-order valence-electron chi connectivity index (χ1n) is 6.03. The number of rotatable bonds is 1. The SMILES string of the molecule is C=C.C=C.CC.CNC1=CCN(C)C(C)=NN1C. The van der Waals surface area contributed by atoms with Crippen molar-refractivity contribution in [2.45, 2.75) is 20.8 Å².